The zero-order valence-corrected chi connectivity index (χ0v) is 40.2. The monoisotopic (exact) mass is 997 g/mol. The Hall–Kier alpha value is -6.16. The van der Waals surface area contributed by atoms with Crippen molar-refractivity contribution in [3.8, 4) is 5.75 Å². The lowest BCUT2D eigenvalue weighted by Crippen LogP contribution is -2.62. The second kappa shape index (κ2) is 26.0. The number of amides is 8. The number of aromatic hydroxyl groups is 1. The molecule has 386 valence electrons. The molecule has 9 atom stereocenters. The third-order valence-corrected chi connectivity index (χ3v) is 11.6. The quantitative estimate of drug-likeness (QED) is 0.0325. The van der Waals surface area contributed by atoms with E-state index in [1.807, 2.05) is 0 Å². The summed E-state index contributed by atoms with van der Waals surface area (Å²) in [5.74, 6) is -9.92. The van der Waals surface area contributed by atoms with Gasteiger partial charge in [-0.05, 0) is 74.1 Å². The summed E-state index contributed by atoms with van der Waals surface area (Å²) in [5.41, 5.74) is 11.0. The predicted molar refractivity (Wildman–Crippen MR) is 245 cm³/mol. The lowest BCUT2D eigenvalue weighted by atomic mass is 9.99. The fourth-order valence-corrected chi connectivity index (χ4v) is 8.00. The number of nitrogens with two attached hydrogens (primary N) is 2. The summed E-state index contributed by atoms with van der Waals surface area (Å²) in [7, 11) is -5.33. The number of carbonyl (C=O) groups is 8. The molecule has 2 heterocycles. The first-order valence-electron chi connectivity index (χ1n) is 22.4. The van der Waals surface area contributed by atoms with E-state index < -0.39 is 144 Å². The molecule has 0 aliphatic carbocycles. The van der Waals surface area contributed by atoms with Crippen LogP contribution in [-0.2, 0) is 48.1 Å². The van der Waals surface area contributed by atoms with Crippen LogP contribution in [0.2, 0.25) is 0 Å². The molecular weight excluding hydrogens is 931 g/mol. The number of guanidine groups is 1. The van der Waals surface area contributed by atoms with Gasteiger partial charge in [-0.25, -0.2) is 4.18 Å². The minimum Gasteiger partial charge on any atom is -0.508 e. The number of phenolic OH excluding ortho intramolecular Hbond substituents is 1. The number of rotatable bonds is 16. The van der Waals surface area contributed by atoms with Gasteiger partial charge in [-0.3, -0.25) is 47.9 Å². The van der Waals surface area contributed by atoms with Gasteiger partial charge in [0.1, 0.15) is 60.3 Å². The van der Waals surface area contributed by atoms with Crippen molar-refractivity contribution in [2.45, 2.75) is 128 Å². The number of fused-ring (bicyclic) bond motifs is 1. The van der Waals surface area contributed by atoms with Crippen molar-refractivity contribution in [2.24, 2.45) is 34.2 Å². The minimum absolute atomic E-state index is 0.00354. The minimum atomic E-state index is -5.33. The molecule has 3 rings (SSSR count). The lowest BCUT2D eigenvalue weighted by Gasteiger charge is -2.33. The topological polar surface area (TPSA) is 413 Å². The highest BCUT2D eigenvalue weighted by atomic mass is 32.3. The summed E-state index contributed by atoms with van der Waals surface area (Å²) < 4.78 is 38.1. The van der Waals surface area contributed by atoms with Crippen LogP contribution < -0.4 is 48.7 Å². The van der Waals surface area contributed by atoms with E-state index in [0.717, 1.165) is 0 Å². The van der Waals surface area contributed by atoms with Crippen LogP contribution in [0.5, 0.6) is 5.75 Å². The van der Waals surface area contributed by atoms with E-state index in [2.05, 4.69) is 46.4 Å². The van der Waals surface area contributed by atoms with Crippen molar-refractivity contribution in [1.29, 1.82) is 0 Å². The molecule has 0 spiro atoms. The Kier molecular flexibility index (Phi) is 21.5. The number of nitrogens with one attached hydrogen (secondary N) is 7. The van der Waals surface area contributed by atoms with Crippen LogP contribution in [0.4, 0.5) is 0 Å². The molecule has 27 heteroatoms. The second-order valence-electron chi connectivity index (χ2n) is 17.9. The summed E-state index contributed by atoms with van der Waals surface area (Å²) >= 11 is 0. The molecule has 1 aromatic rings. The summed E-state index contributed by atoms with van der Waals surface area (Å²) in [6, 6.07) is -6.11. The van der Waals surface area contributed by atoms with E-state index in [0.29, 0.717) is 11.3 Å². The van der Waals surface area contributed by atoms with Gasteiger partial charge in [0.2, 0.25) is 41.4 Å². The van der Waals surface area contributed by atoms with Gasteiger partial charge >= 0.3 is 10.4 Å². The molecule has 0 unspecified atom stereocenters. The fraction of sp³-hybridized carbons (Fsp3) is 0.643. The number of aliphatic imine (C=N–C) groups is 1. The predicted octanol–water partition coefficient (Wildman–Crippen LogP) is -4.01. The van der Waals surface area contributed by atoms with Crippen LogP contribution in [-0.4, -0.2) is 167 Å². The summed E-state index contributed by atoms with van der Waals surface area (Å²) in [5, 5.41) is 49.0. The number of hydrogen-bond acceptors (Lipinski definition) is 15. The van der Waals surface area contributed by atoms with Crippen LogP contribution >= 0.6 is 0 Å². The fourth-order valence-electron chi connectivity index (χ4n) is 7.52. The van der Waals surface area contributed by atoms with Crippen molar-refractivity contribution in [3.63, 3.8) is 0 Å². The molecule has 69 heavy (non-hydrogen) atoms. The van der Waals surface area contributed by atoms with E-state index >= 15 is 0 Å². The maximum Gasteiger partial charge on any atom is 0.397 e. The number of benzene rings is 1. The van der Waals surface area contributed by atoms with Crippen LogP contribution in [0, 0.1) is 17.8 Å². The second-order valence-corrected chi connectivity index (χ2v) is 18.9. The normalized spacial score (nSPS) is 25.9. The Labute approximate surface area is 399 Å². The SMILES string of the molecule is CC(C)C[C@H]1NC(=O)[C@@H](CO)NC(=O)[C@H](C(C)C)NC(=O)[C@H](CCNC(=O)c2ccc(O)cc2)NC(=O)[C@@H]2[C@H](O)[C@@H](OS(=O)(=O)O)CN2C(=O)[C@H](C(C)C)NC(=O)[C@@H](CCCCN=C(N)N)NC1=O. The standard InChI is InChI=1S/C42H67N11O15S/c1-20(2)17-27-37(60)47-25(9-7-8-15-46-42(43)44)35(58)52-31(22(5)6)41(64)53-18-29(68-69(65,66)67)33(56)32(53)40(63)48-26(14-16-45-34(57)23-10-12-24(55)13-11-23)36(59)51-30(21(3)4)39(62)50-28(19-54)38(61)49-27/h10-13,20-22,25-33,54-56H,7-9,14-19H2,1-6H3,(H,45,57)(H,47,60)(H,48,63)(H,49,61)(H,50,62)(H,51,59)(H,52,58)(H4,43,44,46)(H,65,66,67)/t25-,26+,27-,28-,29+,30+,31+,32+,33-/m1/s1. The van der Waals surface area contributed by atoms with E-state index in [1.165, 1.54) is 52.0 Å². The van der Waals surface area contributed by atoms with Crippen molar-refractivity contribution in [2.75, 3.05) is 26.2 Å². The van der Waals surface area contributed by atoms with E-state index in [-0.39, 0.29) is 55.5 Å². The van der Waals surface area contributed by atoms with Crippen molar-refractivity contribution < 1.29 is 70.8 Å². The zero-order valence-electron chi connectivity index (χ0n) is 39.3. The molecule has 0 bridgehead atoms. The van der Waals surface area contributed by atoms with Crippen molar-refractivity contribution >= 4 is 63.6 Å². The van der Waals surface area contributed by atoms with Crippen LogP contribution in [0.3, 0.4) is 0 Å². The Balaban J connectivity index is 2.19. The number of aliphatic hydroxyl groups excluding tert-OH is 2. The number of nitrogens with zero attached hydrogens (tertiary/aromatic N) is 2. The van der Waals surface area contributed by atoms with Crippen molar-refractivity contribution in [1.82, 2.24) is 42.1 Å². The van der Waals surface area contributed by atoms with Gasteiger partial charge in [-0.2, -0.15) is 8.42 Å². The first kappa shape index (κ1) is 57.2. The van der Waals surface area contributed by atoms with Crippen molar-refractivity contribution in [3.05, 3.63) is 29.8 Å². The number of aliphatic hydroxyl groups is 2. The van der Waals surface area contributed by atoms with Gasteiger partial charge in [0.05, 0.1) is 13.2 Å². The van der Waals surface area contributed by atoms with Crippen LogP contribution in [0.15, 0.2) is 29.3 Å². The first-order chi connectivity index (χ1) is 32.2. The Bertz CT molecular complexity index is 2140. The Morgan fingerprint density at radius 1 is 0.768 bits per heavy atom. The van der Waals surface area contributed by atoms with Gasteiger partial charge in [0.25, 0.3) is 5.91 Å². The largest absolute Gasteiger partial charge is 0.508 e. The highest BCUT2D eigenvalue weighted by Gasteiger charge is 2.51. The number of carbonyl (C=O) groups excluding carboxylic acids is 8. The third-order valence-electron chi connectivity index (χ3n) is 11.2. The van der Waals surface area contributed by atoms with Crippen LogP contribution in [0.25, 0.3) is 0 Å². The molecule has 2 saturated heterocycles. The molecule has 0 saturated carbocycles. The molecule has 8 amide bonds. The highest BCUT2D eigenvalue weighted by Crippen LogP contribution is 2.26. The molecule has 26 nitrogen and oxygen atoms in total. The Morgan fingerprint density at radius 3 is 1.84 bits per heavy atom. The average molecular weight is 998 g/mol. The molecule has 2 aliphatic rings. The maximum absolute atomic E-state index is 14.6. The van der Waals surface area contributed by atoms with E-state index in [4.69, 9.17) is 11.5 Å². The summed E-state index contributed by atoms with van der Waals surface area (Å²) in [6.07, 6.45) is -4.10. The Morgan fingerprint density at radius 2 is 1.29 bits per heavy atom. The lowest BCUT2D eigenvalue weighted by molar-refractivity contribution is -0.145. The molecule has 15 N–H and O–H groups in total. The first-order valence-corrected chi connectivity index (χ1v) is 23.8. The zero-order chi connectivity index (χ0) is 51.9. The van der Waals surface area contributed by atoms with Gasteiger partial charge in [-0.1, -0.05) is 41.5 Å². The number of hydrogen-bond donors (Lipinski definition) is 13. The molecule has 1 aromatic carbocycles. The van der Waals surface area contributed by atoms with Gasteiger partial charge in [0, 0.05) is 18.7 Å². The highest BCUT2D eigenvalue weighted by molar-refractivity contribution is 7.80. The van der Waals surface area contributed by atoms with Gasteiger partial charge in [-0.15, -0.1) is 0 Å². The molecule has 0 aromatic heterocycles. The summed E-state index contributed by atoms with van der Waals surface area (Å²) in [6.45, 7) is 7.56. The summed E-state index contributed by atoms with van der Waals surface area (Å²) in [4.78, 5) is 117. The van der Waals surface area contributed by atoms with E-state index in [9.17, 15) is 66.6 Å². The smallest absolute Gasteiger partial charge is 0.397 e. The average Bonchev–Trinajstić information content (AvgIpc) is 3.57. The van der Waals surface area contributed by atoms with E-state index in [1.54, 1.807) is 13.8 Å². The van der Waals surface area contributed by atoms with Gasteiger partial charge < -0.3 is 68.9 Å². The molecule has 0 radical (unpaired) electrons. The molecule has 2 aliphatic heterocycles. The van der Waals surface area contributed by atoms with Gasteiger partial charge in [0.15, 0.2) is 5.96 Å². The third kappa shape index (κ3) is 17.4. The number of phenols is 1. The molecular formula is C42H67N11O15S. The number of unbranched alkanes of at least 4 members (excludes halogenated alkanes) is 1. The molecule has 2 fully saturated rings. The van der Waals surface area contributed by atoms with Crippen LogP contribution in [0.1, 0.15) is 84.0 Å². The maximum atomic E-state index is 14.6.